The van der Waals surface area contributed by atoms with Gasteiger partial charge in [-0.1, -0.05) is 18.2 Å². The molecule has 1 aromatic heterocycles. The van der Waals surface area contributed by atoms with E-state index in [1.54, 1.807) is 36.5 Å². The van der Waals surface area contributed by atoms with Crippen molar-refractivity contribution in [3.63, 3.8) is 0 Å². The number of pyridine rings is 1. The van der Waals surface area contributed by atoms with Gasteiger partial charge in [-0.2, -0.15) is 0 Å². The molecular formula is C20H24N2O3. The number of ether oxygens (including phenoxy) is 1. The molecule has 25 heavy (non-hydrogen) atoms. The maximum Gasteiger partial charge on any atom is 0.256 e. The monoisotopic (exact) mass is 340 g/mol. The average Bonchev–Trinajstić information content (AvgIpc) is 2.69. The van der Waals surface area contributed by atoms with E-state index in [1.165, 1.54) is 5.56 Å². The number of likely N-dealkylation sites (tertiary alicyclic amines) is 1. The lowest BCUT2D eigenvalue weighted by atomic mass is 9.90. The van der Waals surface area contributed by atoms with Crippen molar-refractivity contribution in [2.75, 3.05) is 20.2 Å². The van der Waals surface area contributed by atoms with Gasteiger partial charge in [-0.3, -0.25) is 9.78 Å². The van der Waals surface area contributed by atoms with E-state index < -0.39 is 6.10 Å². The van der Waals surface area contributed by atoms with Crippen LogP contribution in [-0.4, -0.2) is 41.1 Å². The third-order valence-corrected chi connectivity index (χ3v) is 4.84. The molecule has 1 aromatic carbocycles. The molecule has 1 amide bonds. The van der Waals surface area contributed by atoms with Crippen LogP contribution >= 0.6 is 0 Å². The van der Waals surface area contributed by atoms with Gasteiger partial charge in [0.2, 0.25) is 0 Å². The molecule has 1 unspecified atom stereocenters. The van der Waals surface area contributed by atoms with Crippen molar-refractivity contribution in [1.82, 2.24) is 9.88 Å². The minimum atomic E-state index is -1.12. The van der Waals surface area contributed by atoms with Gasteiger partial charge in [0.25, 0.3) is 5.91 Å². The third kappa shape index (κ3) is 4.37. The smallest absolute Gasteiger partial charge is 0.256 e. The van der Waals surface area contributed by atoms with Crippen LogP contribution in [-0.2, 0) is 11.2 Å². The van der Waals surface area contributed by atoms with Gasteiger partial charge in [-0.15, -0.1) is 0 Å². The summed E-state index contributed by atoms with van der Waals surface area (Å²) < 4.78 is 5.19. The second-order valence-electron chi connectivity index (χ2n) is 6.51. The topological polar surface area (TPSA) is 62.7 Å². The SMILES string of the molecule is COc1ccc(CC2CCN(C(=O)C(O)c3cccnc3)CC2)cc1. The number of hydrogen-bond donors (Lipinski definition) is 1. The predicted molar refractivity (Wildman–Crippen MR) is 95.2 cm³/mol. The highest BCUT2D eigenvalue weighted by Gasteiger charge is 2.28. The molecule has 0 aliphatic carbocycles. The highest BCUT2D eigenvalue weighted by Crippen LogP contribution is 2.25. The van der Waals surface area contributed by atoms with E-state index in [0.29, 0.717) is 24.6 Å². The molecule has 1 N–H and O–H groups in total. The van der Waals surface area contributed by atoms with Gasteiger partial charge in [0.15, 0.2) is 6.10 Å². The van der Waals surface area contributed by atoms with Gasteiger partial charge >= 0.3 is 0 Å². The third-order valence-electron chi connectivity index (χ3n) is 4.84. The lowest BCUT2D eigenvalue weighted by molar-refractivity contribution is -0.142. The molecule has 1 fully saturated rings. The lowest BCUT2D eigenvalue weighted by Gasteiger charge is -2.33. The van der Waals surface area contributed by atoms with E-state index in [-0.39, 0.29) is 5.91 Å². The molecule has 1 atom stereocenters. The van der Waals surface area contributed by atoms with Gasteiger partial charge in [0.1, 0.15) is 5.75 Å². The molecule has 1 aliphatic rings. The number of methoxy groups -OCH3 is 1. The van der Waals surface area contributed by atoms with Crippen LogP contribution in [0.1, 0.15) is 30.1 Å². The molecule has 0 radical (unpaired) electrons. The fraction of sp³-hybridized carbons (Fsp3) is 0.400. The molecule has 0 bridgehead atoms. The van der Waals surface area contributed by atoms with Gasteiger partial charge < -0.3 is 14.7 Å². The first-order valence-electron chi connectivity index (χ1n) is 8.67. The highest BCUT2D eigenvalue weighted by atomic mass is 16.5. The first kappa shape index (κ1) is 17.4. The minimum absolute atomic E-state index is 0.226. The molecule has 5 nitrogen and oxygen atoms in total. The summed E-state index contributed by atoms with van der Waals surface area (Å²) in [5.74, 6) is 1.21. The van der Waals surface area contributed by atoms with Crippen LogP contribution in [0.2, 0.25) is 0 Å². The van der Waals surface area contributed by atoms with Gasteiger partial charge in [0.05, 0.1) is 7.11 Å². The Morgan fingerprint density at radius 2 is 2.00 bits per heavy atom. The number of carbonyl (C=O) groups excluding carboxylic acids is 1. The molecule has 1 saturated heterocycles. The van der Waals surface area contributed by atoms with Crippen molar-refractivity contribution in [3.05, 3.63) is 59.9 Å². The summed E-state index contributed by atoms with van der Waals surface area (Å²) >= 11 is 0. The average molecular weight is 340 g/mol. The Hall–Kier alpha value is -2.40. The number of aliphatic hydroxyl groups is 1. The number of nitrogens with zero attached hydrogens (tertiary/aromatic N) is 2. The van der Waals surface area contributed by atoms with Crippen molar-refractivity contribution in [2.45, 2.75) is 25.4 Å². The number of rotatable bonds is 5. The van der Waals surface area contributed by atoms with Crippen molar-refractivity contribution in [3.8, 4) is 5.75 Å². The molecular weight excluding hydrogens is 316 g/mol. The fourth-order valence-corrected chi connectivity index (χ4v) is 3.31. The van der Waals surface area contributed by atoms with Gasteiger partial charge in [-0.05, 0) is 48.9 Å². The molecule has 0 saturated carbocycles. The van der Waals surface area contributed by atoms with Crippen molar-refractivity contribution in [2.24, 2.45) is 5.92 Å². The second kappa shape index (κ2) is 8.12. The molecule has 0 spiro atoms. The number of carbonyl (C=O) groups is 1. The Morgan fingerprint density at radius 1 is 1.28 bits per heavy atom. The van der Waals surface area contributed by atoms with Crippen LogP contribution in [0, 0.1) is 5.92 Å². The summed E-state index contributed by atoms with van der Waals surface area (Å²) in [5, 5.41) is 10.2. The summed E-state index contributed by atoms with van der Waals surface area (Å²) in [6.45, 7) is 1.38. The zero-order valence-electron chi connectivity index (χ0n) is 14.5. The molecule has 2 aromatic rings. The second-order valence-corrected chi connectivity index (χ2v) is 6.51. The van der Waals surface area contributed by atoms with Crippen LogP contribution in [0.4, 0.5) is 0 Å². The van der Waals surface area contributed by atoms with Crippen molar-refractivity contribution < 1.29 is 14.6 Å². The summed E-state index contributed by atoms with van der Waals surface area (Å²) in [7, 11) is 1.67. The quantitative estimate of drug-likeness (QED) is 0.909. The predicted octanol–water partition coefficient (Wildman–Crippen LogP) is 2.60. The van der Waals surface area contributed by atoms with Crippen LogP contribution in [0.25, 0.3) is 0 Å². The molecule has 1 aliphatic heterocycles. The Morgan fingerprint density at radius 3 is 2.60 bits per heavy atom. The van der Waals surface area contributed by atoms with Crippen LogP contribution in [0.5, 0.6) is 5.75 Å². The number of piperidine rings is 1. The normalized spacial score (nSPS) is 16.5. The Kier molecular flexibility index (Phi) is 5.66. The zero-order valence-corrected chi connectivity index (χ0v) is 14.5. The summed E-state index contributed by atoms with van der Waals surface area (Å²) in [4.78, 5) is 18.2. The Labute approximate surface area is 148 Å². The van der Waals surface area contributed by atoms with Crippen LogP contribution < -0.4 is 4.74 Å². The van der Waals surface area contributed by atoms with Crippen LogP contribution in [0.3, 0.4) is 0 Å². The summed E-state index contributed by atoms with van der Waals surface area (Å²) in [6, 6.07) is 11.6. The first-order chi connectivity index (χ1) is 12.2. The van der Waals surface area contributed by atoms with E-state index in [0.717, 1.165) is 25.0 Å². The molecule has 5 heteroatoms. The standard InChI is InChI=1S/C20H24N2O3/c1-25-18-6-4-15(5-7-18)13-16-8-11-22(12-9-16)20(24)19(23)17-3-2-10-21-14-17/h2-7,10,14,16,19,23H,8-9,11-13H2,1H3. The lowest BCUT2D eigenvalue weighted by Crippen LogP contribution is -2.41. The molecule has 2 heterocycles. The first-order valence-corrected chi connectivity index (χ1v) is 8.67. The summed E-state index contributed by atoms with van der Waals surface area (Å²) in [5.41, 5.74) is 1.84. The fourth-order valence-electron chi connectivity index (χ4n) is 3.31. The van der Waals surface area contributed by atoms with E-state index in [9.17, 15) is 9.90 Å². The number of hydrogen-bond acceptors (Lipinski definition) is 4. The summed E-state index contributed by atoms with van der Waals surface area (Å²) in [6.07, 6.45) is 4.98. The number of benzene rings is 1. The number of amides is 1. The maximum atomic E-state index is 12.5. The molecule has 3 rings (SSSR count). The minimum Gasteiger partial charge on any atom is -0.497 e. The Bertz CT molecular complexity index is 680. The van der Waals surface area contributed by atoms with Crippen molar-refractivity contribution in [1.29, 1.82) is 0 Å². The van der Waals surface area contributed by atoms with E-state index in [4.69, 9.17) is 4.74 Å². The maximum absolute atomic E-state index is 12.5. The van der Waals surface area contributed by atoms with Crippen LogP contribution in [0.15, 0.2) is 48.8 Å². The number of aliphatic hydroxyl groups excluding tert-OH is 1. The van der Waals surface area contributed by atoms with Gasteiger partial charge in [-0.25, -0.2) is 0 Å². The molecule has 132 valence electrons. The largest absolute Gasteiger partial charge is 0.497 e. The van der Waals surface area contributed by atoms with Crippen molar-refractivity contribution >= 4 is 5.91 Å². The number of aromatic nitrogens is 1. The van der Waals surface area contributed by atoms with E-state index in [1.807, 2.05) is 12.1 Å². The Balaban J connectivity index is 1.51. The van der Waals surface area contributed by atoms with E-state index >= 15 is 0 Å². The van der Waals surface area contributed by atoms with Gasteiger partial charge in [0, 0.05) is 31.0 Å². The van der Waals surface area contributed by atoms with E-state index in [2.05, 4.69) is 17.1 Å². The highest BCUT2D eigenvalue weighted by molar-refractivity contribution is 5.82. The zero-order chi connectivity index (χ0) is 17.6.